The van der Waals surface area contributed by atoms with E-state index in [1.54, 1.807) is 0 Å². The Morgan fingerprint density at radius 3 is 3.17 bits per heavy atom. The summed E-state index contributed by atoms with van der Waals surface area (Å²) in [5.74, 6) is 4.85. The second-order valence-corrected chi connectivity index (χ2v) is 2.54. The van der Waals surface area contributed by atoms with Gasteiger partial charge in [-0.25, -0.2) is 10.7 Å². The summed E-state index contributed by atoms with van der Waals surface area (Å²) in [7, 11) is 0. The Kier molecular flexibility index (Phi) is 3.27. The Balaban J connectivity index is 2.48. The molecule has 0 radical (unpaired) electrons. The van der Waals surface area contributed by atoms with Crippen molar-refractivity contribution in [3.05, 3.63) is 0 Å². The molecule has 70 valence electrons. The standard InChI is InChI=1S/C6H12N2O4/c7-12-4-5-3-11-2-1-8(5)6(9)10/h5H,1-4,7H2,(H,9,10). The van der Waals surface area contributed by atoms with Crippen LogP contribution in [0.5, 0.6) is 0 Å². The molecule has 3 N–H and O–H groups in total. The highest BCUT2D eigenvalue weighted by Crippen LogP contribution is 2.06. The third-order valence-corrected chi connectivity index (χ3v) is 1.76. The number of amides is 1. The van der Waals surface area contributed by atoms with Crippen molar-refractivity contribution in [2.24, 2.45) is 5.90 Å². The summed E-state index contributed by atoms with van der Waals surface area (Å²) in [4.78, 5) is 16.3. The van der Waals surface area contributed by atoms with Gasteiger partial charge in [-0.1, -0.05) is 0 Å². The zero-order valence-electron chi connectivity index (χ0n) is 6.60. The molecule has 1 atom stereocenters. The van der Waals surface area contributed by atoms with E-state index in [4.69, 9.17) is 15.7 Å². The van der Waals surface area contributed by atoms with Gasteiger partial charge in [-0.15, -0.1) is 0 Å². The van der Waals surface area contributed by atoms with Crippen LogP contribution in [0.1, 0.15) is 0 Å². The van der Waals surface area contributed by atoms with Gasteiger partial charge in [0.2, 0.25) is 0 Å². The van der Waals surface area contributed by atoms with Crippen LogP contribution in [0.15, 0.2) is 0 Å². The topological polar surface area (TPSA) is 85.0 Å². The summed E-state index contributed by atoms with van der Waals surface area (Å²) in [6, 6.07) is -0.277. The molecule has 6 heteroatoms. The summed E-state index contributed by atoms with van der Waals surface area (Å²) in [5.41, 5.74) is 0. The highest BCUT2D eigenvalue weighted by Gasteiger charge is 2.26. The maximum atomic E-state index is 10.6. The van der Waals surface area contributed by atoms with E-state index in [1.807, 2.05) is 0 Å². The zero-order valence-corrected chi connectivity index (χ0v) is 6.60. The normalized spacial score (nSPS) is 24.1. The van der Waals surface area contributed by atoms with Crippen molar-refractivity contribution in [1.82, 2.24) is 4.90 Å². The van der Waals surface area contributed by atoms with Crippen molar-refractivity contribution in [2.45, 2.75) is 6.04 Å². The zero-order chi connectivity index (χ0) is 8.97. The van der Waals surface area contributed by atoms with E-state index >= 15 is 0 Å². The van der Waals surface area contributed by atoms with E-state index < -0.39 is 6.09 Å². The first-order valence-electron chi connectivity index (χ1n) is 3.64. The predicted molar refractivity (Wildman–Crippen MR) is 39.5 cm³/mol. The molecule has 0 spiro atoms. The smallest absolute Gasteiger partial charge is 0.407 e. The molecule has 0 aromatic rings. The summed E-state index contributed by atoms with van der Waals surface area (Å²) < 4.78 is 5.07. The molecule has 1 aliphatic heterocycles. The lowest BCUT2D eigenvalue weighted by molar-refractivity contribution is -0.0343. The number of nitrogens with two attached hydrogens (primary N) is 1. The molecule has 1 fully saturated rings. The first-order valence-corrected chi connectivity index (χ1v) is 3.64. The fourth-order valence-corrected chi connectivity index (χ4v) is 1.16. The average Bonchev–Trinajstić information content (AvgIpc) is 2.05. The summed E-state index contributed by atoms with van der Waals surface area (Å²) >= 11 is 0. The molecule has 1 heterocycles. The first kappa shape index (κ1) is 9.24. The van der Waals surface area contributed by atoms with E-state index in [9.17, 15) is 4.79 Å². The van der Waals surface area contributed by atoms with Gasteiger partial charge >= 0.3 is 6.09 Å². The summed E-state index contributed by atoms with van der Waals surface area (Å²) in [6.45, 7) is 1.34. The molecule has 1 amide bonds. The van der Waals surface area contributed by atoms with Crippen LogP contribution >= 0.6 is 0 Å². The van der Waals surface area contributed by atoms with Gasteiger partial charge in [0.1, 0.15) is 0 Å². The number of carbonyl (C=O) groups is 1. The van der Waals surface area contributed by atoms with Gasteiger partial charge in [-0.2, -0.15) is 0 Å². The van der Waals surface area contributed by atoms with Gasteiger partial charge in [-0.05, 0) is 0 Å². The predicted octanol–water partition coefficient (Wildman–Crippen LogP) is -0.744. The molecule has 12 heavy (non-hydrogen) atoms. The van der Waals surface area contributed by atoms with Crippen molar-refractivity contribution in [3.63, 3.8) is 0 Å². The maximum absolute atomic E-state index is 10.6. The van der Waals surface area contributed by atoms with Gasteiger partial charge in [0.15, 0.2) is 0 Å². The third kappa shape index (κ3) is 2.07. The van der Waals surface area contributed by atoms with Gasteiger partial charge in [0.05, 0.1) is 25.9 Å². The highest BCUT2D eigenvalue weighted by molar-refractivity contribution is 5.65. The molecular formula is C6H12N2O4. The van der Waals surface area contributed by atoms with E-state index in [2.05, 4.69) is 4.84 Å². The quantitative estimate of drug-likeness (QED) is 0.541. The lowest BCUT2D eigenvalue weighted by Crippen LogP contribution is -2.50. The monoisotopic (exact) mass is 176 g/mol. The molecule has 1 saturated heterocycles. The Bertz CT molecular complexity index is 162. The minimum Gasteiger partial charge on any atom is -0.465 e. The number of carboxylic acid groups (broad SMARTS) is 1. The number of morpholine rings is 1. The number of nitrogens with zero attached hydrogens (tertiary/aromatic N) is 1. The van der Waals surface area contributed by atoms with E-state index in [-0.39, 0.29) is 12.6 Å². The van der Waals surface area contributed by atoms with Gasteiger partial charge in [-0.3, -0.25) is 4.90 Å². The fraction of sp³-hybridized carbons (Fsp3) is 0.833. The van der Waals surface area contributed by atoms with Crippen molar-refractivity contribution >= 4 is 6.09 Å². The molecule has 1 rings (SSSR count). The van der Waals surface area contributed by atoms with E-state index in [1.165, 1.54) is 4.90 Å². The molecule has 0 bridgehead atoms. The van der Waals surface area contributed by atoms with Crippen LogP contribution in [0.2, 0.25) is 0 Å². The van der Waals surface area contributed by atoms with Crippen molar-refractivity contribution < 1.29 is 19.5 Å². The number of ether oxygens (including phenoxy) is 1. The third-order valence-electron chi connectivity index (χ3n) is 1.76. The lowest BCUT2D eigenvalue weighted by atomic mass is 10.2. The molecule has 1 unspecified atom stereocenters. The second-order valence-electron chi connectivity index (χ2n) is 2.54. The maximum Gasteiger partial charge on any atom is 0.407 e. The van der Waals surface area contributed by atoms with Crippen LogP contribution in [0.25, 0.3) is 0 Å². The molecule has 1 aliphatic rings. The average molecular weight is 176 g/mol. The van der Waals surface area contributed by atoms with Crippen molar-refractivity contribution in [1.29, 1.82) is 0 Å². The van der Waals surface area contributed by atoms with E-state index in [0.717, 1.165) is 0 Å². The Morgan fingerprint density at radius 2 is 2.58 bits per heavy atom. The minimum atomic E-state index is -0.958. The fourth-order valence-electron chi connectivity index (χ4n) is 1.16. The van der Waals surface area contributed by atoms with Gasteiger partial charge in [0.25, 0.3) is 0 Å². The number of hydrogen-bond acceptors (Lipinski definition) is 4. The first-order chi connectivity index (χ1) is 5.75. The molecule has 0 aromatic carbocycles. The molecule has 0 saturated carbocycles. The van der Waals surface area contributed by atoms with E-state index in [0.29, 0.717) is 19.8 Å². The lowest BCUT2D eigenvalue weighted by Gasteiger charge is -2.32. The minimum absolute atomic E-state index is 0.173. The summed E-state index contributed by atoms with van der Waals surface area (Å²) in [5, 5.41) is 8.71. The summed E-state index contributed by atoms with van der Waals surface area (Å²) in [6.07, 6.45) is -0.958. The molecule has 6 nitrogen and oxygen atoms in total. The van der Waals surface area contributed by atoms with Crippen LogP contribution in [0, 0.1) is 0 Å². The van der Waals surface area contributed by atoms with Crippen molar-refractivity contribution in [3.8, 4) is 0 Å². The van der Waals surface area contributed by atoms with Crippen LogP contribution in [0.4, 0.5) is 4.79 Å². The Morgan fingerprint density at radius 1 is 1.83 bits per heavy atom. The molecule has 0 aromatic heterocycles. The Labute approximate surface area is 69.8 Å². The SMILES string of the molecule is NOCC1COCCN1C(=O)O. The molecule has 0 aliphatic carbocycles. The van der Waals surface area contributed by atoms with Crippen LogP contribution in [-0.2, 0) is 9.57 Å². The van der Waals surface area contributed by atoms with Gasteiger partial charge in [0, 0.05) is 6.54 Å². The second kappa shape index (κ2) is 4.24. The largest absolute Gasteiger partial charge is 0.465 e. The van der Waals surface area contributed by atoms with Gasteiger partial charge < -0.3 is 14.7 Å². The number of hydrogen-bond donors (Lipinski definition) is 2. The number of rotatable bonds is 2. The molecular weight excluding hydrogens is 164 g/mol. The van der Waals surface area contributed by atoms with Crippen LogP contribution in [0.3, 0.4) is 0 Å². The highest BCUT2D eigenvalue weighted by atomic mass is 16.6. The van der Waals surface area contributed by atoms with Crippen LogP contribution in [-0.4, -0.2) is 48.5 Å². The van der Waals surface area contributed by atoms with Crippen LogP contribution < -0.4 is 5.90 Å². The Hall–Kier alpha value is -0.850. The van der Waals surface area contributed by atoms with Crippen molar-refractivity contribution in [2.75, 3.05) is 26.4 Å².